The zero-order valence-electron chi connectivity index (χ0n) is 14.1. The van der Waals surface area contributed by atoms with Crippen molar-refractivity contribution in [2.45, 2.75) is 32.2 Å². The first kappa shape index (κ1) is 16.2. The highest BCUT2D eigenvalue weighted by Gasteiger charge is 2.43. The van der Waals surface area contributed by atoms with Gasteiger partial charge in [0, 0.05) is 26.2 Å². The molecule has 124 valence electrons. The van der Waals surface area contributed by atoms with Gasteiger partial charge in [-0.2, -0.15) is 0 Å². The smallest absolute Gasteiger partial charge is 0.245 e. The van der Waals surface area contributed by atoms with E-state index in [1.165, 1.54) is 16.7 Å². The Balaban J connectivity index is 1.57. The van der Waals surface area contributed by atoms with Crippen molar-refractivity contribution in [3.63, 3.8) is 0 Å². The van der Waals surface area contributed by atoms with Crippen LogP contribution < -0.4 is 11.1 Å². The standard InChI is InChI=1S/C19H27N3O/c1-14-4-3-5-15(2)17(14)7-6-16-8-10-22(11-9-16)18(23)19(20)12-21-13-19/h3-7,16,21H,8-13,20H2,1-2H3. The lowest BCUT2D eigenvalue weighted by atomic mass is 9.89. The van der Waals surface area contributed by atoms with Gasteiger partial charge in [-0.15, -0.1) is 0 Å². The molecular weight excluding hydrogens is 286 g/mol. The molecule has 2 fully saturated rings. The van der Waals surface area contributed by atoms with Crippen molar-refractivity contribution < 1.29 is 4.79 Å². The Hall–Kier alpha value is -1.65. The molecule has 3 rings (SSSR count). The van der Waals surface area contributed by atoms with Crippen molar-refractivity contribution in [3.05, 3.63) is 41.0 Å². The molecule has 3 N–H and O–H groups in total. The summed E-state index contributed by atoms with van der Waals surface area (Å²) in [5, 5.41) is 3.10. The Kier molecular flexibility index (Phi) is 4.55. The monoisotopic (exact) mass is 313 g/mol. The molecule has 0 spiro atoms. The molecule has 2 saturated heterocycles. The molecule has 1 aromatic rings. The lowest BCUT2D eigenvalue weighted by Gasteiger charge is -2.42. The van der Waals surface area contributed by atoms with Gasteiger partial charge in [0.25, 0.3) is 0 Å². The predicted octanol–water partition coefficient (Wildman–Crippen LogP) is 1.86. The quantitative estimate of drug-likeness (QED) is 0.895. The summed E-state index contributed by atoms with van der Waals surface area (Å²) >= 11 is 0. The van der Waals surface area contributed by atoms with E-state index in [0.29, 0.717) is 19.0 Å². The molecule has 2 heterocycles. The SMILES string of the molecule is Cc1cccc(C)c1C=CC1CCN(C(=O)C2(N)CNC2)CC1. The second-order valence-corrected chi connectivity index (χ2v) is 7.05. The maximum absolute atomic E-state index is 12.4. The van der Waals surface area contributed by atoms with Gasteiger partial charge in [0.05, 0.1) is 0 Å². The summed E-state index contributed by atoms with van der Waals surface area (Å²) in [6, 6.07) is 6.41. The number of piperidine rings is 1. The van der Waals surface area contributed by atoms with E-state index in [9.17, 15) is 4.79 Å². The maximum Gasteiger partial charge on any atom is 0.245 e. The number of amides is 1. The number of nitrogens with one attached hydrogen (secondary N) is 1. The third kappa shape index (κ3) is 3.33. The normalized spacial score (nSPS) is 21.4. The van der Waals surface area contributed by atoms with E-state index in [0.717, 1.165) is 25.9 Å². The zero-order chi connectivity index (χ0) is 16.4. The van der Waals surface area contributed by atoms with Gasteiger partial charge in [0.1, 0.15) is 5.54 Å². The van der Waals surface area contributed by atoms with Gasteiger partial charge in [-0.05, 0) is 49.3 Å². The van der Waals surface area contributed by atoms with Crippen LogP contribution in [0.2, 0.25) is 0 Å². The molecule has 0 aromatic heterocycles. The van der Waals surface area contributed by atoms with Crippen molar-refractivity contribution in [1.29, 1.82) is 0 Å². The summed E-state index contributed by atoms with van der Waals surface area (Å²) < 4.78 is 0. The van der Waals surface area contributed by atoms with E-state index in [1.54, 1.807) is 0 Å². The van der Waals surface area contributed by atoms with Crippen molar-refractivity contribution in [2.24, 2.45) is 11.7 Å². The van der Waals surface area contributed by atoms with Crippen molar-refractivity contribution in [2.75, 3.05) is 26.2 Å². The van der Waals surface area contributed by atoms with Crippen LogP contribution in [-0.2, 0) is 4.79 Å². The van der Waals surface area contributed by atoms with Gasteiger partial charge in [-0.1, -0.05) is 30.4 Å². The molecule has 0 aliphatic carbocycles. The Morgan fingerprint density at radius 1 is 1.26 bits per heavy atom. The summed E-state index contributed by atoms with van der Waals surface area (Å²) in [7, 11) is 0. The van der Waals surface area contributed by atoms with Crippen LogP contribution in [0.25, 0.3) is 6.08 Å². The van der Waals surface area contributed by atoms with Gasteiger partial charge in [0.2, 0.25) is 5.91 Å². The first-order chi connectivity index (χ1) is 11.0. The Morgan fingerprint density at radius 3 is 2.39 bits per heavy atom. The molecule has 2 aliphatic rings. The average molecular weight is 313 g/mol. The Labute approximate surface area is 138 Å². The predicted molar refractivity (Wildman–Crippen MR) is 94.0 cm³/mol. The number of nitrogens with two attached hydrogens (primary N) is 1. The van der Waals surface area contributed by atoms with Crippen molar-refractivity contribution >= 4 is 12.0 Å². The first-order valence-electron chi connectivity index (χ1n) is 8.53. The molecule has 1 aromatic carbocycles. The van der Waals surface area contributed by atoms with Gasteiger partial charge in [-0.25, -0.2) is 0 Å². The summed E-state index contributed by atoms with van der Waals surface area (Å²) in [5.74, 6) is 0.666. The zero-order valence-corrected chi connectivity index (χ0v) is 14.1. The summed E-state index contributed by atoms with van der Waals surface area (Å²) in [4.78, 5) is 14.4. The molecule has 4 nitrogen and oxygen atoms in total. The average Bonchev–Trinajstić information content (AvgIpc) is 2.52. The summed E-state index contributed by atoms with van der Waals surface area (Å²) in [6.07, 6.45) is 6.63. The number of carbonyl (C=O) groups is 1. The van der Waals surface area contributed by atoms with Crippen molar-refractivity contribution in [3.8, 4) is 0 Å². The molecular formula is C19H27N3O. The van der Waals surface area contributed by atoms with Gasteiger partial charge in [0.15, 0.2) is 0 Å². The molecule has 0 bridgehead atoms. The van der Waals surface area contributed by atoms with E-state index < -0.39 is 5.54 Å². The number of likely N-dealkylation sites (tertiary alicyclic amines) is 1. The third-order valence-corrected chi connectivity index (χ3v) is 5.21. The van der Waals surface area contributed by atoms with Crippen LogP contribution in [0, 0.1) is 19.8 Å². The molecule has 23 heavy (non-hydrogen) atoms. The molecule has 0 unspecified atom stereocenters. The van der Waals surface area contributed by atoms with Crippen LogP contribution in [0.1, 0.15) is 29.5 Å². The van der Waals surface area contributed by atoms with E-state index in [4.69, 9.17) is 5.73 Å². The highest BCUT2D eigenvalue weighted by atomic mass is 16.2. The van der Waals surface area contributed by atoms with E-state index >= 15 is 0 Å². The topological polar surface area (TPSA) is 58.4 Å². The minimum absolute atomic E-state index is 0.119. The van der Waals surface area contributed by atoms with E-state index in [2.05, 4.69) is 49.5 Å². The van der Waals surface area contributed by atoms with Crippen LogP contribution in [-0.4, -0.2) is 42.5 Å². The summed E-state index contributed by atoms with van der Waals surface area (Å²) in [6.45, 7) is 7.16. The number of benzene rings is 1. The van der Waals surface area contributed by atoms with Crippen LogP contribution in [0.15, 0.2) is 24.3 Å². The number of carbonyl (C=O) groups excluding carboxylic acids is 1. The number of rotatable bonds is 3. The third-order valence-electron chi connectivity index (χ3n) is 5.21. The Bertz CT molecular complexity index is 591. The highest BCUT2D eigenvalue weighted by molar-refractivity contribution is 5.88. The molecule has 0 atom stereocenters. The fourth-order valence-corrected chi connectivity index (χ4v) is 3.48. The van der Waals surface area contributed by atoms with Gasteiger partial charge >= 0.3 is 0 Å². The lowest BCUT2D eigenvalue weighted by Crippen LogP contribution is -2.73. The van der Waals surface area contributed by atoms with Crippen LogP contribution in [0.3, 0.4) is 0 Å². The van der Waals surface area contributed by atoms with Gasteiger partial charge in [-0.3, -0.25) is 4.79 Å². The van der Waals surface area contributed by atoms with Crippen LogP contribution >= 0.6 is 0 Å². The van der Waals surface area contributed by atoms with Crippen LogP contribution in [0.4, 0.5) is 0 Å². The molecule has 4 heteroatoms. The number of aryl methyl sites for hydroxylation is 2. The molecule has 2 aliphatic heterocycles. The number of allylic oxidation sites excluding steroid dienone is 1. The minimum atomic E-state index is -0.652. The molecule has 1 amide bonds. The van der Waals surface area contributed by atoms with Gasteiger partial charge < -0.3 is 16.0 Å². The highest BCUT2D eigenvalue weighted by Crippen LogP contribution is 2.24. The number of hydrogen-bond acceptors (Lipinski definition) is 3. The second kappa shape index (κ2) is 6.46. The van der Waals surface area contributed by atoms with E-state index in [1.807, 2.05) is 4.90 Å². The Morgan fingerprint density at radius 2 is 1.87 bits per heavy atom. The summed E-state index contributed by atoms with van der Waals surface area (Å²) in [5.41, 5.74) is 9.42. The van der Waals surface area contributed by atoms with E-state index in [-0.39, 0.29) is 5.91 Å². The second-order valence-electron chi connectivity index (χ2n) is 7.05. The van der Waals surface area contributed by atoms with Crippen LogP contribution in [0.5, 0.6) is 0 Å². The largest absolute Gasteiger partial charge is 0.341 e. The fourth-order valence-electron chi connectivity index (χ4n) is 3.48. The number of nitrogens with zero attached hydrogens (tertiary/aromatic N) is 1. The molecule has 0 saturated carbocycles. The number of hydrogen-bond donors (Lipinski definition) is 2. The fraction of sp³-hybridized carbons (Fsp3) is 0.526. The maximum atomic E-state index is 12.4. The first-order valence-corrected chi connectivity index (χ1v) is 8.53. The lowest BCUT2D eigenvalue weighted by molar-refractivity contribution is -0.140. The molecule has 0 radical (unpaired) electrons. The minimum Gasteiger partial charge on any atom is -0.341 e. The van der Waals surface area contributed by atoms with Crippen molar-refractivity contribution in [1.82, 2.24) is 10.2 Å².